The Balaban J connectivity index is 2.46. The van der Waals surface area contributed by atoms with E-state index in [1.54, 1.807) is 18.2 Å². The summed E-state index contributed by atoms with van der Waals surface area (Å²) in [6.07, 6.45) is 0.112. The summed E-state index contributed by atoms with van der Waals surface area (Å²) < 4.78 is 9.89. The van der Waals surface area contributed by atoms with Crippen LogP contribution in [0.15, 0.2) is 24.1 Å². The number of carbonyl (C=O) groups excluding carboxylic acids is 1. The van der Waals surface area contributed by atoms with E-state index in [1.807, 2.05) is 0 Å². The molecule has 0 fully saturated rings. The number of fused-ring (bicyclic) bond motifs is 1. The second kappa shape index (κ2) is 4.66. The molecule has 0 N–H and O–H groups in total. The molecule has 18 heavy (non-hydrogen) atoms. The van der Waals surface area contributed by atoms with Crippen molar-refractivity contribution in [1.29, 1.82) is 0 Å². The smallest absolute Gasteiger partial charge is 0.421 e. The first-order chi connectivity index (χ1) is 8.47. The van der Waals surface area contributed by atoms with Gasteiger partial charge in [0.2, 0.25) is 0 Å². The topological polar surface area (TPSA) is 78.7 Å². The van der Waals surface area contributed by atoms with E-state index in [0.717, 1.165) is 0 Å². The Kier molecular flexibility index (Phi) is 3.20. The maximum Gasteiger partial charge on any atom is 0.431 e. The Bertz CT molecular complexity index is 554. The van der Waals surface area contributed by atoms with Crippen LogP contribution in [0.4, 0.5) is 0 Å². The van der Waals surface area contributed by atoms with Gasteiger partial charge >= 0.3 is 11.9 Å². The predicted octanol–water partition coefficient (Wildman–Crippen LogP) is 2.51. The number of rotatable bonds is 2. The van der Waals surface area contributed by atoms with Crippen LogP contribution in [0.1, 0.15) is 24.3 Å². The average Bonchev–Trinajstić information content (AvgIpc) is 2.27. The van der Waals surface area contributed by atoms with Gasteiger partial charge in [0.05, 0.1) is 6.08 Å². The van der Waals surface area contributed by atoms with Crippen LogP contribution >= 0.6 is 11.6 Å². The Morgan fingerprint density at radius 2 is 2.28 bits per heavy atom. The Hall–Kier alpha value is -2.08. The number of ether oxygens (including phenoxy) is 2. The van der Waals surface area contributed by atoms with Crippen LogP contribution in [0.2, 0.25) is 5.02 Å². The van der Waals surface area contributed by atoms with Crippen LogP contribution in [0.5, 0.6) is 0 Å². The quantitative estimate of drug-likeness (QED) is 0.468. The monoisotopic (exact) mass is 269 g/mol. The third-order valence-corrected chi connectivity index (χ3v) is 2.50. The molecule has 1 aromatic carbocycles. The van der Waals surface area contributed by atoms with Gasteiger partial charge in [0.25, 0.3) is 6.29 Å². The van der Waals surface area contributed by atoms with Crippen molar-refractivity contribution in [1.82, 2.24) is 0 Å². The van der Waals surface area contributed by atoms with Crippen molar-refractivity contribution in [2.24, 2.45) is 0 Å². The van der Waals surface area contributed by atoms with E-state index >= 15 is 0 Å². The van der Waals surface area contributed by atoms with Crippen molar-refractivity contribution in [2.45, 2.75) is 13.2 Å². The lowest BCUT2D eigenvalue weighted by molar-refractivity contribution is -0.472. The van der Waals surface area contributed by atoms with Gasteiger partial charge in [-0.2, -0.15) is 0 Å². The highest BCUT2D eigenvalue weighted by Crippen LogP contribution is 2.33. The van der Waals surface area contributed by atoms with Crippen LogP contribution in [-0.4, -0.2) is 10.9 Å². The summed E-state index contributed by atoms with van der Waals surface area (Å²) in [5.74, 6) is -1.08. The number of carbonyl (C=O) groups is 1. The van der Waals surface area contributed by atoms with Gasteiger partial charge in [-0.25, -0.2) is 0 Å². The van der Waals surface area contributed by atoms with Crippen LogP contribution in [0.3, 0.4) is 0 Å². The minimum absolute atomic E-state index is 0.427. The van der Waals surface area contributed by atoms with E-state index in [9.17, 15) is 14.9 Å². The van der Waals surface area contributed by atoms with Gasteiger partial charge in [-0.3, -0.25) is 14.9 Å². The summed E-state index contributed by atoms with van der Waals surface area (Å²) in [5, 5.41) is 11.1. The van der Waals surface area contributed by atoms with Crippen LogP contribution in [0.25, 0.3) is 6.08 Å². The van der Waals surface area contributed by atoms with Crippen molar-refractivity contribution in [3.05, 3.63) is 50.3 Å². The normalized spacial score (nSPS) is 17.2. The fraction of sp³-hybridized carbons (Fsp3) is 0.182. The molecule has 0 saturated carbocycles. The molecular formula is C11H8ClNO5. The minimum atomic E-state index is -1.12. The summed E-state index contributed by atoms with van der Waals surface area (Å²) in [7, 11) is 0. The molecule has 0 unspecified atom stereocenters. The number of halogens is 1. The van der Waals surface area contributed by atoms with Crippen molar-refractivity contribution < 1.29 is 19.2 Å². The molecule has 0 bridgehead atoms. The standard InChI is InChI=1S/C11H8ClNO5/c1-6(14)17-11-9-3-2-8(12)4-7(9)5-10(18-11)13(15)16/h2-5,11H,1H3/t11-/m0/s1. The molecular weight excluding hydrogens is 262 g/mol. The number of nitrogens with zero attached hydrogens (tertiary/aromatic N) is 1. The first-order valence-electron chi connectivity index (χ1n) is 4.97. The molecule has 0 amide bonds. The average molecular weight is 270 g/mol. The zero-order chi connectivity index (χ0) is 13.3. The second-order valence-electron chi connectivity index (χ2n) is 3.57. The number of benzene rings is 1. The Morgan fingerprint density at radius 1 is 1.56 bits per heavy atom. The van der Waals surface area contributed by atoms with Gasteiger partial charge in [-0.1, -0.05) is 11.6 Å². The molecule has 2 rings (SSSR count). The van der Waals surface area contributed by atoms with Crippen LogP contribution in [-0.2, 0) is 14.3 Å². The summed E-state index contributed by atoms with van der Waals surface area (Å²) >= 11 is 5.81. The van der Waals surface area contributed by atoms with Gasteiger partial charge in [0.15, 0.2) is 0 Å². The van der Waals surface area contributed by atoms with E-state index in [-0.39, 0.29) is 0 Å². The number of hydrogen-bond acceptors (Lipinski definition) is 5. The van der Waals surface area contributed by atoms with Gasteiger partial charge in [-0.05, 0) is 23.8 Å². The first kappa shape index (κ1) is 12.4. The lowest BCUT2D eigenvalue weighted by Gasteiger charge is -2.22. The summed E-state index contributed by atoms with van der Waals surface area (Å²) in [6, 6.07) is 4.73. The highest BCUT2D eigenvalue weighted by atomic mass is 35.5. The Morgan fingerprint density at radius 3 is 2.89 bits per heavy atom. The highest BCUT2D eigenvalue weighted by molar-refractivity contribution is 6.30. The van der Waals surface area contributed by atoms with Crippen molar-refractivity contribution in [2.75, 3.05) is 0 Å². The van der Waals surface area contributed by atoms with Crippen molar-refractivity contribution >= 4 is 23.6 Å². The van der Waals surface area contributed by atoms with E-state index in [2.05, 4.69) is 0 Å². The zero-order valence-corrected chi connectivity index (χ0v) is 10.0. The molecule has 0 saturated heterocycles. The Labute approximate surface area is 107 Å². The molecule has 1 aromatic rings. The molecule has 1 aliphatic heterocycles. The number of esters is 1. The number of nitro groups is 1. The molecule has 0 spiro atoms. The third-order valence-electron chi connectivity index (χ3n) is 2.26. The van der Waals surface area contributed by atoms with Gasteiger partial charge < -0.3 is 9.47 Å². The fourth-order valence-corrected chi connectivity index (χ4v) is 1.74. The summed E-state index contributed by atoms with van der Waals surface area (Å²) in [5.41, 5.74) is 1.01. The molecule has 6 nitrogen and oxygen atoms in total. The molecule has 1 aliphatic rings. The maximum absolute atomic E-state index is 10.9. The molecule has 0 aliphatic carbocycles. The lowest BCUT2D eigenvalue weighted by Crippen LogP contribution is -2.19. The van der Waals surface area contributed by atoms with E-state index < -0.39 is 23.1 Å². The van der Waals surface area contributed by atoms with E-state index in [4.69, 9.17) is 21.1 Å². The molecule has 0 aromatic heterocycles. The van der Waals surface area contributed by atoms with Crippen molar-refractivity contribution in [3.63, 3.8) is 0 Å². The molecule has 1 atom stereocenters. The molecule has 7 heteroatoms. The van der Waals surface area contributed by atoms with E-state index in [0.29, 0.717) is 16.1 Å². The van der Waals surface area contributed by atoms with Gasteiger partial charge in [0.1, 0.15) is 4.92 Å². The van der Waals surface area contributed by atoms with Crippen LogP contribution in [0, 0.1) is 10.1 Å². The molecule has 94 valence electrons. The zero-order valence-electron chi connectivity index (χ0n) is 9.25. The molecule has 1 heterocycles. The van der Waals surface area contributed by atoms with E-state index in [1.165, 1.54) is 13.0 Å². The summed E-state index contributed by atoms with van der Waals surface area (Å²) in [6.45, 7) is 1.20. The van der Waals surface area contributed by atoms with Crippen molar-refractivity contribution in [3.8, 4) is 0 Å². The van der Waals surface area contributed by atoms with Gasteiger partial charge in [-0.15, -0.1) is 0 Å². The maximum atomic E-state index is 10.9. The number of hydrogen-bond donors (Lipinski definition) is 0. The third kappa shape index (κ3) is 2.43. The van der Waals surface area contributed by atoms with Crippen LogP contribution < -0.4 is 0 Å². The second-order valence-corrected chi connectivity index (χ2v) is 4.01. The SMILES string of the molecule is CC(=O)O[C@H]1OC([N+](=O)[O-])=Cc2cc(Cl)ccc21. The lowest BCUT2D eigenvalue weighted by atomic mass is 10.1. The largest absolute Gasteiger partial charge is 0.431 e. The minimum Gasteiger partial charge on any atom is -0.421 e. The summed E-state index contributed by atoms with van der Waals surface area (Å²) in [4.78, 5) is 21.0. The fourth-order valence-electron chi connectivity index (χ4n) is 1.56. The predicted molar refractivity (Wildman–Crippen MR) is 62.0 cm³/mol. The molecule has 0 radical (unpaired) electrons. The first-order valence-corrected chi connectivity index (χ1v) is 5.34. The van der Waals surface area contributed by atoms with Gasteiger partial charge in [0, 0.05) is 17.5 Å². The highest BCUT2D eigenvalue weighted by Gasteiger charge is 2.30.